The number of hydrogen-bond donors (Lipinski definition) is 1. The van der Waals surface area contributed by atoms with Crippen molar-refractivity contribution in [2.24, 2.45) is 0 Å². The Kier molecular flexibility index (Phi) is 24.1. The topological polar surface area (TPSA) is 83.5 Å². The van der Waals surface area contributed by atoms with E-state index >= 15 is 0 Å². The first-order valence-corrected chi connectivity index (χ1v) is 17.2. The Morgan fingerprint density at radius 1 is 0.737 bits per heavy atom. The van der Waals surface area contributed by atoms with Gasteiger partial charge in [0.05, 0.1) is 26.4 Å². The minimum Gasteiger partial charge on any atom is -0.381 e. The number of ether oxygens (including phenoxy) is 3. The molecule has 0 aliphatic carbocycles. The zero-order valence-corrected chi connectivity index (χ0v) is 26.0. The van der Waals surface area contributed by atoms with Gasteiger partial charge in [-0.25, -0.2) is 4.57 Å². The second-order valence-corrected chi connectivity index (χ2v) is 11.9. The standard InChI is InChI=1S/C29H52BrO7P/c1-2-3-4-5-6-7-8-9-10-11-12-16-21-33-22-17-23-34-26-29(27-37-38(31,32)36-24-20-30)35-25-28-18-14-13-15-19-28/h13-15,18-19,29H,2-12,16-17,20-27H2,1H3,(H,31,32). The molecule has 38 heavy (non-hydrogen) atoms. The van der Waals surface area contributed by atoms with E-state index in [1.165, 1.54) is 70.6 Å². The maximum atomic E-state index is 12.0. The summed E-state index contributed by atoms with van der Waals surface area (Å²) in [6.45, 7) is 4.86. The maximum Gasteiger partial charge on any atom is 0.472 e. The fraction of sp³-hybridized carbons (Fsp3) is 0.793. The van der Waals surface area contributed by atoms with Crippen molar-refractivity contribution in [2.45, 2.75) is 103 Å². The molecule has 2 atom stereocenters. The summed E-state index contributed by atoms with van der Waals surface area (Å²) in [6, 6.07) is 9.74. The molecule has 0 radical (unpaired) electrons. The van der Waals surface area contributed by atoms with Gasteiger partial charge in [-0.3, -0.25) is 9.05 Å². The van der Waals surface area contributed by atoms with Gasteiger partial charge < -0.3 is 19.1 Å². The van der Waals surface area contributed by atoms with Crippen LogP contribution in [0.5, 0.6) is 0 Å². The normalized spacial score (nSPS) is 14.0. The van der Waals surface area contributed by atoms with Crippen molar-refractivity contribution < 1.29 is 32.7 Å². The van der Waals surface area contributed by atoms with Gasteiger partial charge >= 0.3 is 7.82 Å². The highest BCUT2D eigenvalue weighted by atomic mass is 79.9. The molecule has 222 valence electrons. The summed E-state index contributed by atoms with van der Waals surface area (Å²) in [6.07, 6.45) is 16.4. The van der Waals surface area contributed by atoms with E-state index in [0.717, 1.165) is 25.0 Å². The van der Waals surface area contributed by atoms with Crippen molar-refractivity contribution >= 4 is 23.8 Å². The molecule has 0 amide bonds. The molecule has 2 unspecified atom stereocenters. The van der Waals surface area contributed by atoms with Gasteiger partial charge in [-0.05, 0) is 18.4 Å². The first-order chi connectivity index (χ1) is 18.6. The molecule has 0 saturated carbocycles. The molecular formula is C29H52BrO7P. The first-order valence-electron chi connectivity index (χ1n) is 14.6. The summed E-state index contributed by atoms with van der Waals surface area (Å²) >= 11 is 3.16. The molecule has 0 spiro atoms. The number of hydrogen-bond acceptors (Lipinski definition) is 6. The molecule has 0 aliphatic rings. The second-order valence-electron chi connectivity index (χ2n) is 9.64. The van der Waals surface area contributed by atoms with Crippen molar-refractivity contribution in [3.8, 4) is 0 Å². The molecule has 0 heterocycles. The minimum absolute atomic E-state index is 0.0824. The number of halogens is 1. The fourth-order valence-corrected chi connectivity index (χ4v) is 5.09. The van der Waals surface area contributed by atoms with Gasteiger partial charge in [-0.2, -0.15) is 0 Å². The molecule has 0 bridgehead atoms. The van der Waals surface area contributed by atoms with Gasteiger partial charge in [-0.15, -0.1) is 0 Å². The van der Waals surface area contributed by atoms with Gasteiger partial charge in [0.15, 0.2) is 0 Å². The van der Waals surface area contributed by atoms with Gasteiger partial charge in [0, 0.05) is 25.2 Å². The average Bonchev–Trinajstić information content (AvgIpc) is 2.93. The van der Waals surface area contributed by atoms with E-state index in [-0.39, 0.29) is 19.8 Å². The van der Waals surface area contributed by atoms with Crippen LogP contribution >= 0.6 is 23.8 Å². The van der Waals surface area contributed by atoms with Crippen LogP contribution in [-0.2, 0) is 34.4 Å². The van der Waals surface area contributed by atoms with Gasteiger partial charge in [0.1, 0.15) is 6.10 Å². The highest BCUT2D eigenvalue weighted by molar-refractivity contribution is 9.09. The molecule has 1 N–H and O–H groups in total. The van der Waals surface area contributed by atoms with Crippen LogP contribution in [-0.4, -0.2) is 56.0 Å². The molecule has 0 fully saturated rings. The van der Waals surface area contributed by atoms with Crippen molar-refractivity contribution in [1.82, 2.24) is 0 Å². The Bertz CT molecular complexity index is 680. The van der Waals surface area contributed by atoms with Crippen LogP contribution in [0.25, 0.3) is 0 Å². The molecule has 7 nitrogen and oxygen atoms in total. The third-order valence-corrected chi connectivity index (χ3v) is 7.41. The van der Waals surface area contributed by atoms with Gasteiger partial charge in [0.25, 0.3) is 0 Å². The van der Waals surface area contributed by atoms with E-state index < -0.39 is 13.9 Å². The summed E-state index contributed by atoms with van der Waals surface area (Å²) in [5.74, 6) is 0. The maximum absolute atomic E-state index is 12.0. The van der Waals surface area contributed by atoms with Crippen LogP contribution in [0.4, 0.5) is 0 Å². The Morgan fingerprint density at radius 2 is 1.32 bits per heavy atom. The third kappa shape index (κ3) is 22.5. The predicted molar refractivity (Wildman–Crippen MR) is 158 cm³/mol. The molecule has 1 aromatic rings. The number of phosphoric ester groups is 1. The summed E-state index contributed by atoms with van der Waals surface area (Å²) in [4.78, 5) is 9.78. The molecule has 0 saturated heterocycles. The lowest BCUT2D eigenvalue weighted by molar-refractivity contribution is -0.0524. The average molecular weight is 624 g/mol. The zero-order chi connectivity index (χ0) is 27.6. The molecule has 1 rings (SSSR count). The van der Waals surface area contributed by atoms with Gasteiger partial charge in [-0.1, -0.05) is 124 Å². The second kappa shape index (κ2) is 25.6. The monoisotopic (exact) mass is 622 g/mol. The van der Waals surface area contributed by atoms with Crippen LogP contribution in [0.3, 0.4) is 0 Å². The molecular weight excluding hydrogens is 571 g/mol. The summed E-state index contributed by atoms with van der Waals surface area (Å²) in [5.41, 5.74) is 1.01. The van der Waals surface area contributed by atoms with Crippen LogP contribution in [0.2, 0.25) is 0 Å². The van der Waals surface area contributed by atoms with Crippen LogP contribution in [0.1, 0.15) is 96.0 Å². The molecule has 0 aliphatic heterocycles. The van der Waals surface area contributed by atoms with Crippen molar-refractivity contribution in [2.75, 3.05) is 45.0 Å². The number of rotatable bonds is 28. The van der Waals surface area contributed by atoms with E-state index in [4.69, 9.17) is 23.3 Å². The van der Waals surface area contributed by atoms with Crippen LogP contribution < -0.4 is 0 Å². The number of alkyl halides is 1. The van der Waals surface area contributed by atoms with E-state index in [0.29, 0.717) is 25.2 Å². The Balaban J connectivity index is 2.06. The highest BCUT2D eigenvalue weighted by Crippen LogP contribution is 2.43. The van der Waals surface area contributed by atoms with Crippen LogP contribution in [0, 0.1) is 0 Å². The smallest absolute Gasteiger partial charge is 0.381 e. The highest BCUT2D eigenvalue weighted by Gasteiger charge is 2.23. The minimum atomic E-state index is -4.12. The largest absolute Gasteiger partial charge is 0.472 e. The quantitative estimate of drug-likeness (QED) is 0.0572. The molecule has 0 aromatic heterocycles. The Hall–Kier alpha value is -0.310. The fourth-order valence-electron chi connectivity index (χ4n) is 3.92. The third-order valence-electron chi connectivity index (χ3n) is 6.11. The Morgan fingerprint density at radius 3 is 1.95 bits per heavy atom. The number of phosphoric acid groups is 1. The van der Waals surface area contributed by atoms with Gasteiger partial charge in [0.2, 0.25) is 0 Å². The number of unbranched alkanes of at least 4 members (excludes halogenated alkanes) is 11. The summed E-state index contributed by atoms with van der Waals surface area (Å²) in [7, 11) is -4.12. The lowest BCUT2D eigenvalue weighted by Gasteiger charge is -2.20. The first kappa shape index (κ1) is 35.7. The van der Waals surface area contributed by atoms with E-state index in [2.05, 4.69) is 22.9 Å². The molecule has 9 heteroatoms. The van der Waals surface area contributed by atoms with E-state index in [1.807, 2.05) is 30.3 Å². The molecule has 1 aromatic carbocycles. The Labute approximate surface area is 240 Å². The summed E-state index contributed by atoms with van der Waals surface area (Å²) < 4.78 is 39.3. The summed E-state index contributed by atoms with van der Waals surface area (Å²) in [5, 5.41) is 0.444. The SMILES string of the molecule is CCCCCCCCCCCCCCOCCCOCC(COP(=O)(O)OCCBr)OCc1ccccc1. The van der Waals surface area contributed by atoms with Crippen LogP contribution in [0.15, 0.2) is 30.3 Å². The van der Waals surface area contributed by atoms with Crippen molar-refractivity contribution in [1.29, 1.82) is 0 Å². The van der Waals surface area contributed by atoms with E-state index in [1.54, 1.807) is 0 Å². The predicted octanol–water partition coefficient (Wildman–Crippen LogP) is 8.22. The van der Waals surface area contributed by atoms with E-state index in [9.17, 15) is 9.46 Å². The zero-order valence-electron chi connectivity index (χ0n) is 23.5. The van der Waals surface area contributed by atoms with Crippen molar-refractivity contribution in [3.63, 3.8) is 0 Å². The number of benzene rings is 1. The lowest BCUT2D eigenvalue weighted by atomic mass is 10.1. The van der Waals surface area contributed by atoms with Crippen molar-refractivity contribution in [3.05, 3.63) is 35.9 Å². The lowest BCUT2D eigenvalue weighted by Crippen LogP contribution is -2.26.